The first-order valence-electron chi connectivity index (χ1n) is 7.10. The summed E-state index contributed by atoms with van der Waals surface area (Å²) in [5.74, 6) is -0.802. The quantitative estimate of drug-likeness (QED) is 0.702. The van der Waals surface area contributed by atoms with Gasteiger partial charge in [0, 0.05) is 26.2 Å². The van der Waals surface area contributed by atoms with Crippen molar-refractivity contribution in [3.05, 3.63) is 23.8 Å². The van der Waals surface area contributed by atoms with E-state index < -0.39 is 12.0 Å². The van der Waals surface area contributed by atoms with Crippen molar-refractivity contribution < 1.29 is 24.2 Å². The van der Waals surface area contributed by atoms with E-state index in [1.165, 1.54) is 4.90 Å². The van der Waals surface area contributed by atoms with Gasteiger partial charge in [0.25, 0.3) is 5.91 Å². The van der Waals surface area contributed by atoms with Gasteiger partial charge >= 0.3 is 12.0 Å². The molecule has 1 aromatic carbocycles. The van der Waals surface area contributed by atoms with Crippen LogP contribution >= 0.6 is 0 Å². The summed E-state index contributed by atoms with van der Waals surface area (Å²) in [6.45, 7) is 2.18. The van der Waals surface area contributed by atoms with Crippen LogP contribution in [0.1, 0.15) is 23.7 Å². The molecular weight excluding hydrogens is 302 g/mol. The highest BCUT2D eigenvalue weighted by Crippen LogP contribution is 2.26. The Labute approximate surface area is 134 Å². The van der Waals surface area contributed by atoms with Gasteiger partial charge in [-0.3, -0.25) is 9.59 Å². The summed E-state index contributed by atoms with van der Waals surface area (Å²) < 4.78 is 5.44. The third-order valence-corrected chi connectivity index (χ3v) is 2.81. The maximum absolute atomic E-state index is 12.0. The number of benzene rings is 1. The van der Waals surface area contributed by atoms with Crippen LogP contribution in [0.15, 0.2) is 18.2 Å². The van der Waals surface area contributed by atoms with E-state index >= 15 is 0 Å². The zero-order valence-corrected chi connectivity index (χ0v) is 13.4. The monoisotopic (exact) mass is 323 g/mol. The Hall–Kier alpha value is -2.77. The molecule has 0 aliphatic heterocycles. The van der Waals surface area contributed by atoms with Crippen molar-refractivity contribution in [1.82, 2.24) is 10.2 Å². The Morgan fingerprint density at radius 2 is 1.96 bits per heavy atom. The first kappa shape index (κ1) is 18.3. The highest BCUT2D eigenvalue weighted by atomic mass is 16.5. The van der Waals surface area contributed by atoms with Crippen molar-refractivity contribution in [2.75, 3.05) is 32.6 Å². The number of ether oxygens (including phenoxy) is 1. The maximum atomic E-state index is 12.0. The second-order valence-corrected chi connectivity index (χ2v) is 4.87. The molecule has 0 saturated carbocycles. The van der Waals surface area contributed by atoms with Gasteiger partial charge in [0.15, 0.2) is 0 Å². The van der Waals surface area contributed by atoms with E-state index in [2.05, 4.69) is 10.6 Å². The van der Waals surface area contributed by atoms with Gasteiger partial charge in [-0.2, -0.15) is 0 Å². The number of rotatable bonds is 7. The molecule has 0 saturated heterocycles. The number of carboxylic acid groups (broad SMARTS) is 1. The first-order valence-corrected chi connectivity index (χ1v) is 7.10. The highest BCUT2D eigenvalue weighted by Gasteiger charge is 2.13. The van der Waals surface area contributed by atoms with Crippen LogP contribution in [0.5, 0.6) is 5.75 Å². The molecule has 126 valence electrons. The molecule has 3 amide bonds. The summed E-state index contributed by atoms with van der Waals surface area (Å²) in [5, 5.41) is 13.5. The van der Waals surface area contributed by atoms with Crippen LogP contribution in [-0.2, 0) is 4.79 Å². The molecule has 0 bridgehead atoms. The summed E-state index contributed by atoms with van der Waals surface area (Å²) in [6.07, 6.45) is -0.165. The topological polar surface area (TPSA) is 108 Å². The van der Waals surface area contributed by atoms with E-state index in [9.17, 15) is 14.4 Å². The van der Waals surface area contributed by atoms with Gasteiger partial charge < -0.3 is 25.4 Å². The average Bonchev–Trinajstić information content (AvgIpc) is 2.48. The third-order valence-electron chi connectivity index (χ3n) is 2.81. The maximum Gasteiger partial charge on any atom is 0.319 e. The number of urea groups is 1. The minimum Gasteiger partial charge on any atom is -0.492 e. The van der Waals surface area contributed by atoms with E-state index in [0.29, 0.717) is 23.6 Å². The van der Waals surface area contributed by atoms with Gasteiger partial charge in [0.05, 0.1) is 18.7 Å². The number of nitrogens with zero attached hydrogens (tertiary/aromatic N) is 1. The number of carbonyl (C=O) groups is 3. The number of amides is 3. The largest absolute Gasteiger partial charge is 0.492 e. The lowest BCUT2D eigenvalue weighted by atomic mass is 10.1. The Kier molecular flexibility index (Phi) is 6.85. The molecule has 1 aromatic rings. The fourth-order valence-corrected chi connectivity index (χ4v) is 1.74. The zero-order chi connectivity index (χ0) is 17.4. The molecule has 8 nitrogen and oxygen atoms in total. The van der Waals surface area contributed by atoms with Gasteiger partial charge in [0.1, 0.15) is 5.75 Å². The average molecular weight is 323 g/mol. The summed E-state index contributed by atoms with van der Waals surface area (Å²) >= 11 is 0. The second kappa shape index (κ2) is 8.62. The lowest BCUT2D eigenvalue weighted by molar-refractivity contribution is -0.136. The standard InChI is InChI=1S/C15H21N3O5/c1-4-23-12-9-10(14(21)18(2)3)5-6-11(12)17-15(22)16-8-7-13(19)20/h5-6,9H,4,7-8H2,1-3H3,(H,19,20)(H2,16,17,22). The molecule has 1 rings (SSSR count). The molecule has 0 radical (unpaired) electrons. The predicted octanol–water partition coefficient (Wildman–Crippen LogP) is 1.38. The van der Waals surface area contributed by atoms with Crippen LogP contribution in [0.4, 0.5) is 10.5 Å². The lowest BCUT2D eigenvalue weighted by Gasteiger charge is -2.15. The van der Waals surface area contributed by atoms with Crippen LogP contribution in [0, 0.1) is 0 Å². The van der Waals surface area contributed by atoms with Crippen LogP contribution in [0.2, 0.25) is 0 Å². The van der Waals surface area contributed by atoms with Crippen molar-refractivity contribution >= 4 is 23.6 Å². The van der Waals surface area contributed by atoms with Gasteiger partial charge in [-0.1, -0.05) is 0 Å². The number of hydrogen-bond donors (Lipinski definition) is 3. The molecule has 0 fully saturated rings. The fraction of sp³-hybridized carbons (Fsp3) is 0.400. The Balaban J connectivity index is 2.83. The second-order valence-electron chi connectivity index (χ2n) is 4.87. The smallest absolute Gasteiger partial charge is 0.319 e. The van der Waals surface area contributed by atoms with Gasteiger partial charge in [-0.25, -0.2) is 4.79 Å². The minimum absolute atomic E-state index is 0.0162. The summed E-state index contributed by atoms with van der Waals surface area (Å²) in [4.78, 5) is 35.5. The molecule has 0 atom stereocenters. The summed E-state index contributed by atoms with van der Waals surface area (Å²) in [7, 11) is 3.29. The van der Waals surface area contributed by atoms with Crippen LogP contribution in [0.3, 0.4) is 0 Å². The number of aliphatic carboxylic acids is 1. The molecule has 0 unspecified atom stereocenters. The normalized spacial score (nSPS) is 9.87. The lowest BCUT2D eigenvalue weighted by Crippen LogP contribution is -2.30. The molecule has 0 heterocycles. The van der Waals surface area contributed by atoms with E-state index in [4.69, 9.17) is 9.84 Å². The third kappa shape index (κ3) is 5.85. The van der Waals surface area contributed by atoms with Crippen LogP contribution in [-0.4, -0.2) is 55.2 Å². The van der Waals surface area contributed by atoms with Crippen molar-refractivity contribution in [2.24, 2.45) is 0 Å². The van der Waals surface area contributed by atoms with Gasteiger partial charge in [-0.05, 0) is 25.1 Å². The van der Waals surface area contributed by atoms with Crippen molar-refractivity contribution in [3.8, 4) is 5.75 Å². The molecule has 0 aliphatic carbocycles. The molecule has 0 aromatic heterocycles. The fourth-order valence-electron chi connectivity index (χ4n) is 1.74. The molecule has 3 N–H and O–H groups in total. The minimum atomic E-state index is -0.994. The first-order chi connectivity index (χ1) is 10.8. The van der Waals surface area contributed by atoms with Gasteiger partial charge in [0.2, 0.25) is 0 Å². The summed E-state index contributed by atoms with van der Waals surface area (Å²) in [5.41, 5.74) is 0.838. The van der Waals surface area contributed by atoms with E-state index in [-0.39, 0.29) is 18.9 Å². The van der Waals surface area contributed by atoms with Crippen molar-refractivity contribution in [1.29, 1.82) is 0 Å². The zero-order valence-electron chi connectivity index (χ0n) is 13.4. The molecule has 0 spiro atoms. The molecule has 8 heteroatoms. The van der Waals surface area contributed by atoms with Crippen molar-refractivity contribution in [2.45, 2.75) is 13.3 Å². The summed E-state index contributed by atoms with van der Waals surface area (Å²) in [6, 6.07) is 4.16. The Morgan fingerprint density at radius 3 is 2.52 bits per heavy atom. The molecule has 23 heavy (non-hydrogen) atoms. The Bertz CT molecular complexity index is 586. The number of hydrogen-bond acceptors (Lipinski definition) is 4. The number of carbonyl (C=O) groups excluding carboxylic acids is 2. The SMILES string of the molecule is CCOc1cc(C(=O)N(C)C)ccc1NC(=O)NCCC(=O)O. The number of carboxylic acids is 1. The van der Waals surface area contributed by atoms with E-state index in [0.717, 1.165) is 0 Å². The van der Waals surface area contributed by atoms with E-state index in [1.54, 1.807) is 39.2 Å². The van der Waals surface area contributed by atoms with E-state index in [1.807, 2.05) is 0 Å². The predicted molar refractivity (Wildman–Crippen MR) is 84.9 cm³/mol. The highest BCUT2D eigenvalue weighted by molar-refractivity contribution is 5.96. The molecular formula is C15H21N3O5. The van der Waals surface area contributed by atoms with Crippen LogP contribution < -0.4 is 15.4 Å². The van der Waals surface area contributed by atoms with Gasteiger partial charge in [-0.15, -0.1) is 0 Å². The Morgan fingerprint density at radius 1 is 1.26 bits per heavy atom. The van der Waals surface area contributed by atoms with Crippen molar-refractivity contribution in [3.63, 3.8) is 0 Å². The number of anilines is 1. The molecule has 0 aliphatic rings. The van der Waals surface area contributed by atoms with Crippen LogP contribution in [0.25, 0.3) is 0 Å². The number of nitrogens with one attached hydrogen (secondary N) is 2.